The van der Waals surface area contributed by atoms with Gasteiger partial charge in [0.15, 0.2) is 0 Å². The lowest BCUT2D eigenvalue weighted by Gasteiger charge is -2.17. The topological polar surface area (TPSA) is 58.6 Å². The van der Waals surface area contributed by atoms with Gasteiger partial charge in [-0.3, -0.25) is 9.59 Å². The molecule has 0 aromatic heterocycles. The molecule has 5 heteroatoms. The van der Waals surface area contributed by atoms with E-state index in [-0.39, 0.29) is 17.7 Å². The molecule has 1 heterocycles. The van der Waals surface area contributed by atoms with Gasteiger partial charge < -0.3 is 15.0 Å². The normalized spacial score (nSPS) is 16.2. The average molecular weight is 388 g/mol. The van der Waals surface area contributed by atoms with Gasteiger partial charge >= 0.3 is 0 Å². The first-order chi connectivity index (χ1) is 14.1. The Morgan fingerprint density at radius 2 is 1.83 bits per heavy atom. The number of hydrogen-bond acceptors (Lipinski definition) is 3. The second kappa shape index (κ2) is 8.35. The number of rotatable bonds is 6. The Balaban J connectivity index is 1.36. The number of carbonyl (C=O) groups excluding carboxylic acids is 2. The standard InChI is InChI=1S/C24H24N2O3/c1-2-29-22-11-9-21(10-12-22)26-16-17(13-23(26)27)15-25-24(28)20-8-7-18-5-3-4-6-19(18)14-20/h3-12,14,17H,2,13,15-16H2,1H3,(H,25,28). The van der Waals surface area contributed by atoms with Crippen LogP contribution in [-0.2, 0) is 4.79 Å². The average Bonchev–Trinajstić information content (AvgIpc) is 3.13. The summed E-state index contributed by atoms with van der Waals surface area (Å²) >= 11 is 0. The van der Waals surface area contributed by atoms with Crippen molar-refractivity contribution in [3.8, 4) is 5.75 Å². The van der Waals surface area contributed by atoms with Gasteiger partial charge in [-0.15, -0.1) is 0 Å². The Labute approximate surface area is 170 Å². The zero-order valence-corrected chi connectivity index (χ0v) is 16.4. The first-order valence-corrected chi connectivity index (χ1v) is 9.94. The molecule has 0 radical (unpaired) electrons. The molecule has 3 aromatic carbocycles. The molecule has 1 saturated heterocycles. The van der Waals surface area contributed by atoms with Gasteiger partial charge in [-0.05, 0) is 54.1 Å². The Morgan fingerprint density at radius 3 is 2.59 bits per heavy atom. The van der Waals surface area contributed by atoms with Crippen molar-refractivity contribution < 1.29 is 14.3 Å². The summed E-state index contributed by atoms with van der Waals surface area (Å²) in [5, 5.41) is 5.13. The number of hydrogen-bond donors (Lipinski definition) is 1. The summed E-state index contributed by atoms with van der Waals surface area (Å²) in [6.07, 6.45) is 0.436. The van der Waals surface area contributed by atoms with Crippen LogP contribution in [0.25, 0.3) is 10.8 Å². The molecular formula is C24H24N2O3. The van der Waals surface area contributed by atoms with E-state index < -0.39 is 0 Å². The summed E-state index contributed by atoms with van der Waals surface area (Å²) in [7, 11) is 0. The van der Waals surface area contributed by atoms with E-state index in [4.69, 9.17) is 4.74 Å². The van der Waals surface area contributed by atoms with Crippen LogP contribution in [-0.4, -0.2) is 31.5 Å². The van der Waals surface area contributed by atoms with Crippen LogP contribution < -0.4 is 15.0 Å². The molecule has 3 aromatic rings. The molecule has 1 fully saturated rings. The van der Waals surface area contributed by atoms with Crippen LogP contribution in [0.3, 0.4) is 0 Å². The van der Waals surface area contributed by atoms with Crippen molar-refractivity contribution in [2.45, 2.75) is 13.3 Å². The number of amides is 2. The highest BCUT2D eigenvalue weighted by molar-refractivity contribution is 5.99. The van der Waals surface area contributed by atoms with Crippen molar-refractivity contribution in [2.24, 2.45) is 5.92 Å². The Kier molecular flexibility index (Phi) is 5.47. The van der Waals surface area contributed by atoms with Gasteiger partial charge in [-0.25, -0.2) is 0 Å². The van der Waals surface area contributed by atoms with Crippen molar-refractivity contribution in [1.29, 1.82) is 0 Å². The highest BCUT2D eigenvalue weighted by Crippen LogP contribution is 2.26. The molecule has 1 aliphatic rings. The molecule has 2 amide bonds. The fourth-order valence-corrected chi connectivity index (χ4v) is 3.73. The molecule has 29 heavy (non-hydrogen) atoms. The van der Waals surface area contributed by atoms with Gasteiger partial charge in [0.05, 0.1) is 6.61 Å². The molecule has 0 bridgehead atoms. The Hall–Kier alpha value is -3.34. The highest BCUT2D eigenvalue weighted by Gasteiger charge is 2.30. The van der Waals surface area contributed by atoms with Crippen LogP contribution >= 0.6 is 0 Å². The van der Waals surface area contributed by atoms with E-state index in [0.717, 1.165) is 22.2 Å². The third kappa shape index (κ3) is 4.24. The molecule has 5 nitrogen and oxygen atoms in total. The number of nitrogens with zero attached hydrogens (tertiary/aromatic N) is 1. The molecule has 0 spiro atoms. The summed E-state index contributed by atoms with van der Waals surface area (Å²) in [4.78, 5) is 26.8. The van der Waals surface area contributed by atoms with Crippen LogP contribution in [0.15, 0.2) is 66.7 Å². The van der Waals surface area contributed by atoms with Crippen molar-refractivity contribution in [2.75, 3.05) is 24.6 Å². The lowest BCUT2D eigenvalue weighted by Crippen LogP contribution is -2.31. The van der Waals surface area contributed by atoms with Gasteiger partial charge in [0.1, 0.15) is 5.75 Å². The zero-order chi connectivity index (χ0) is 20.2. The minimum Gasteiger partial charge on any atom is -0.494 e. The minimum absolute atomic E-state index is 0.0825. The van der Waals surface area contributed by atoms with Gasteiger partial charge in [0.25, 0.3) is 5.91 Å². The summed E-state index contributed by atoms with van der Waals surface area (Å²) in [5.41, 5.74) is 1.50. The van der Waals surface area contributed by atoms with Gasteiger partial charge in [0.2, 0.25) is 5.91 Å². The van der Waals surface area contributed by atoms with E-state index in [1.54, 1.807) is 4.90 Å². The monoisotopic (exact) mass is 388 g/mol. The van der Waals surface area contributed by atoms with Gasteiger partial charge in [0, 0.05) is 36.7 Å². The fraction of sp³-hybridized carbons (Fsp3) is 0.250. The van der Waals surface area contributed by atoms with Crippen LogP contribution in [0.5, 0.6) is 5.75 Å². The Bertz CT molecular complexity index is 1030. The molecule has 1 aliphatic heterocycles. The van der Waals surface area contributed by atoms with Crippen LogP contribution in [0.2, 0.25) is 0 Å². The van der Waals surface area contributed by atoms with E-state index in [0.29, 0.717) is 31.7 Å². The molecule has 0 saturated carbocycles. The van der Waals surface area contributed by atoms with E-state index in [1.165, 1.54) is 0 Å². The number of anilines is 1. The van der Waals surface area contributed by atoms with Crippen molar-refractivity contribution in [1.82, 2.24) is 5.32 Å². The summed E-state index contributed by atoms with van der Waals surface area (Å²) < 4.78 is 5.45. The molecule has 148 valence electrons. The lowest BCUT2D eigenvalue weighted by molar-refractivity contribution is -0.117. The summed E-state index contributed by atoms with van der Waals surface area (Å²) in [6.45, 7) is 3.63. The number of fused-ring (bicyclic) bond motifs is 1. The third-order valence-corrected chi connectivity index (χ3v) is 5.23. The summed E-state index contributed by atoms with van der Waals surface area (Å²) in [6, 6.07) is 21.2. The molecule has 1 unspecified atom stereocenters. The van der Waals surface area contributed by atoms with Crippen molar-refractivity contribution >= 4 is 28.3 Å². The van der Waals surface area contributed by atoms with E-state index in [1.807, 2.05) is 73.7 Å². The number of nitrogens with one attached hydrogen (secondary N) is 1. The molecule has 4 rings (SSSR count). The number of carbonyl (C=O) groups is 2. The van der Waals surface area contributed by atoms with Crippen molar-refractivity contribution in [3.63, 3.8) is 0 Å². The lowest BCUT2D eigenvalue weighted by atomic mass is 10.1. The predicted octanol–water partition coefficient (Wildman–Crippen LogP) is 4.02. The minimum atomic E-state index is -0.109. The first kappa shape index (κ1) is 19.0. The molecular weight excluding hydrogens is 364 g/mol. The van der Waals surface area contributed by atoms with Gasteiger partial charge in [-0.2, -0.15) is 0 Å². The zero-order valence-electron chi connectivity index (χ0n) is 16.4. The van der Waals surface area contributed by atoms with Crippen LogP contribution in [0.4, 0.5) is 5.69 Å². The highest BCUT2D eigenvalue weighted by atomic mass is 16.5. The molecule has 1 atom stereocenters. The predicted molar refractivity (Wildman–Crippen MR) is 114 cm³/mol. The van der Waals surface area contributed by atoms with Crippen molar-refractivity contribution in [3.05, 3.63) is 72.3 Å². The second-order valence-electron chi connectivity index (χ2n) is 7.27. The first-order valence-electron chi connectivity index (χ1n) is 9.94. The quantitative estimate of drug-likeness (QED) is 0.694. The van der Waals surface area contributed by atoms with Crippen LogP contribution in [0.1, 0.15) is 23.7 Å². The van der Waals surface area contributed by atoms with E-state index >= 15 is 0 Å². The fourth-order valence-electron chi connectivity index (χ4n) is 3.73. The van der Waals surface area contributed by atoms with E-state index in [9.17, 15) is 9.59 Å². The van der Waals surface area contributed by atoms with E-state index in [2.05, 4.69) is 5.32 Å². The van der Waals surface area contributed by atoms with Gasteiger partial charge in [-0.1, -0.05) is 30.3 Å². The molecule has 1 N–H and O–H groups in total. The third-order valence-electron chi connectivity index (χ3n) is 5.23. The number of ether oxygens (including phenoxy) is 1. The van der Waals surface area contributed by atoms with Crippen LogP contribution in [0, 0.1) is 5.92 Å². The number of benzene rings is 3. The SMILES string of the molecule is CCOc1ccc(N2CC(CNC(=O)c3ccc4ccccc4c3)CC2=O)cc1. The maximum atomic E-state index is 12.6. The maximum Gasteiger partial charge on any atom is 0.251 e. The Morgan fingerprint density at radius 1 is 1.07 bits per heavy atom. The largest absolute Gasteiger partial charge is 0.494 e. The summed E-state index contributed by atoms with van der Waals surface area (Å²) in [5.74, 6) is 0.863. The maximum absolute atomic E-state index is 12.6. The second-order valence-corrected chi connectivity index (χ2v) is 7.27. The molecule has 0 aliphatic carbocycles. The smallest absolute Gasteiger partial charge is 0.251 e.